The van der Waals surface area contributed by atoms with E-state index in [2.05, 4.69) is 28.7 Å². The van der Waals surface area contributed by atoms with E-state index in [0.717, 1.165) is 25.7 Å². The molecule has 1 saturated carbocycles. The van der Waals surface area contributed by atoms with Gasteiger partial charge in [-0.25, -0.2) is 19.4 Å². The predicted octanol–water partition coefficient (Wildman–Crippen LogP) is 5.32. The summed E-state index contributed by atoms with van der Waals surface area (Å²) in [6.45, 7) is 4.80. The molecule has 5 heterocycles. The zero-order valence-corrected chi connectivity index (χ0v) is 26.5. The Bertz CT molecular complexity index is 1740. The molecule has 4 bridgehead atoms. The number of rotatable bonds is 6. The Morgan fingerprint density at radius 1 is 1.11 bits per heavy atom. The van der Waals surface area contributed by atoms with Crippen molar-refractivity contribution in [1.29, 1.82) is 0 Å². The van der Waals surface area contributed by atoms with Gasteiger partial charge in [0, 0.05) is 30.0 Å². The normalized spacial score (nSPS) is 21.9. The molecule has 1 atom stereocenters. The number of hydrogen-bond donors (Lipinski definition) is 2. The van der Waals surface area contributed by atoms with Gasteiger partial charge in [0.1, 0.15) is 5.82 Å². The molecular weight excluding hydrogens is 625 g/mol. The highest BCUT2D eigenvalue weighted by atomic mass is 32.2. The third-order valence-corrected chi connectivity index (χ3v) is 10.6. The number of nitrogens with zero attached hydrogens (tertiary/aromatic N) is 5. The number of alkyl halides is 3. The van der Waals surface area contributed by atoms with Crippen LogP contribution in [0, 0.1) is 11.3 Å². The molecule has 1 aliphatic carbocycles. The van der Waals surface area contributed by atoms with Gasteiger partial charge in [-0.3, -0.25) is 4.79 Å². The monoisotopic (exact) mass is 662 g/mol. The summed E-state index contributed by atoms with van der Waals surface area (Å²) in [4.78, 5) is 24.6. The number of halogens is 3. The predicted molar refractivity (Wildman–Crippen MR) is 161 cm³/mol. The molecule has 0 radical (unpaired) electrons. The number of sulfonamides is 1. The third-order valence-electron chi connectivity index (χ3n) is 9.30. The quantitative estimate of drug-likeness (QED) is 0.336. The van der Waals surface area contributed by atoms with Crippen LogP contribution < -0.4 is 14.4 Å². The van der Waals surface area contributed by atoms with Crippen LogP contribution in [-0.2, 0) is 16.4 Å². The maximum absolute atomic E-state index is 13.6. The number of hydrogen-bond acceptors (Lipinski definition) is 9. The molecular formula is C31H37F3N6O5S. The minimum absolute atomic E-state index is 0.00903. The molecule has 2 aliphatic heterocycles. The SMILES string of the molecule is CC1(C)C[C@@H]2CCCCc3ccc(O)c(n3)S(=O)(=O)NC(=O)c3ccc(-n4ccc(OCCCC5(C(F)(F)F)CC5)n4)nc3N1C2. The van der Waals surface area contributed by atoms with Crippen LogP contribution in [0.15, 0.2) is 41.6 Å². The van der Waals surface area contributed by atoms with Gasteiger partial charge in [0.2, 0.25) is 10.9 Å². The van der Waals surface area contributed by atoms with Crippen molar-refractivity contribution in [1.82, 2.24) is 24.5 Å². The Morgan fingerprint density at radius 3 is 2.63 bits per heavy atom. The summed E-state index contributed by atoms with van der Waals surface area (Å²) in [5.41, 5.74) is -1.45. The van der Waals surface area contributed by atoms with E-state index in [1.54, 1.807) is 18.3 Å². The van der Waals surface area contributed by atoms with Crippen molar-refractivity contribution in [3.05, 3.63) is 47.8 Å². The molecule has 3 aromatic heterocycles. The lowest BCUT2D eigenvalue weighted by atomic mass is 9.92. The van der Waals surface area contributed by atoms with Crippen molar-refractivity contribution in [2.75, 3.05) is 18.1 Å². The summed E-state index contributed by atoms with van der Waals surface area (Å²) in [7, 11) is -4.53. The van der Waals surface area contributed by atoms with Crippen LogP contribution in [-0.4, -0.2) is 64.0 Å². The second-order valence-corrected chi connectivity index (χ2v) is 14.8. The molecule has 3 aliphatic rings. The van der Waals surface area contributed by atoms with Gasteiger partial charge in [-0.05, 0) is 95.4 Å². The fraction of sp³-hybridized carbons (Fsp3) is 0.548. The largest absolute Gasteiger partial charge is 0.505 e. The van der Waals surface area contributed by atoms with Gasteiger partial charge in [0.05, 0.1) is 17.6 Å². The highest BCUT2D eigenvalue weighted by Gasteiger charge is 2.62. The standard InChI is InChI=1S/C31H37F3N6O5S/c1-29(2)18-20-6-3-4-7-21-8-10-23(41)28(35-21)46(43,44)38-27(42)22-9-11-24(36-26(22)39(29)19-20)40-16-12-25(37-40)45-17-5-13-30(14-15-30)31(32,33)34/h8-12,16,20,41H,3-7,13-15,17-19H2,1-2H3,(H,38,42)/t20-/m0/s1. The lowest BCUT2D eigenvalue weighted by Gasteiger charge is -2.34. The molecule has 1 amide bonds. The van der Waals surface area contributed by atoms with Crippen molar-refractivity contribution in [3.63, 3.8) is 0 Å². The van der Waals surface area contributed by atoms with E-state index in [1.165, 1.54) is 22.9 Å². The van der Waals surface area contributed by atoms with Crippen LogP contribution >= 0.6 is 0 Å². The van der Waals surface area contributed by atoms with Crippen LogP contribution in [0.3, 0.4) is 0 Å². The maximum atomic E-state index is 13.6. The Kier molecular flexibility index (Phi) is 8.18. The highest BCUT2D eigenvalue weighted by Crippen LogP contribution is 2.60. The molecule has 6 rings (SSSR count). The fourth-order valence-corrected chi connectivity index (χ4v) is 7.63. The summed E-state index contributed by atoms with van der Waals surface area (Å²) >= 11 is 0. The first-order chi connectivity index (χ1) is 21.7. The average Bonchev–Trinajstić information content (AvgIpc) is 3.54. The van der Waals surface area contributed by atoms with Gasteiger partial charge in [-0.15, -0.1) is 5.10 Å². The Morgan fingerprint density at radius 2 is 1.89 bits per heavy atom. The Hall–Kier alpha value is -3.88. The first-order valence-corrected chi connectivity index (χ1v) is 17.0. The van der Waals surface area contributed by atoms with Crippen molar-refractivity contribution in [2.45, 2.75) is 88.4 Å². The van der Waals surface area contributed by atoms with E-state index >= 15 is 0 Å². The minimum atomic E-state index is -4.53. The van der Waals surface area contributed by atoms with Gasteiger partial charge in [0.15, 0.2) is 11.6 Å². The van der Waals surface area contributed by atoms with Gasteiger partial charge >= 0.3 is 6.18 Å². The van der Waals surface area contributed by atoms with Gasteiger partial charge in [-0.1, -0.05) is 6.42 Å². The zero-order valence-electron chi connectivity index (χ0n) is 25.7. The molecule has 15 heteroatoms. The smallest absolute Gasteiger partial charge is 0.394 e. The number of carbonyl (C=O) groups is 1. The third kappa shape index (κ3) is 6.38. The molecule has 0 spiro atoms. The van der Waals surface area contributed by atoms with E-state index in [4.69, 9.17) is 9.72 Å². The maximum Gasteiger partial charge on any atom is 0.394 e. The van der Waals surface area contributed by atoms with Crippen LogP contribution in [0.1, 0.15) is 81.3 Å². The van der Waals surface area contributed by atoms with Crippen molar-refractivity contribution >= 4 is 21.7 Å². The number of fused-ring (bicyclic) bond motifs is 6. The van der Waals surface area contributed by atoms with Crippen LogP contribution in [0.5, 0.6) is 11.6 Å². The molecule has 0 unspecified atom stereocenters. The molecule has 11 nitrogen and oxygen atoms in total. The molecule has 1 saturated heterocycles. The van der Waals surface area contributed by atoms with Crippen LogP contribution in [0.2, 0.25) is 0 Å². The summed E-state index contributed by atoms with van der Waals surface area (Å²) in [6.07, 6.45) is 1.93. The average molecular weight is 663 g/mol. The number of carbonyl (C=O) groups excluding carboxylic acids is 1. The van der Waals surface area contributed by atoms with Gasteiger partial charge < -0.3 is 14.7 Å². The highest BCUT2D eigenvalue weighted by molar-refractivity contribution is 7.90. The molecule has 46 heavy (non-hydrogen) atoms. The zero-order chi connectivity index (χ0) is 32.9. The molecule has 248 valence electrons. The number of amides is 1. The number of ether oxygens (including phenoxy) is 1. The Labute approximate surface area is 265 Å². The Balaban J connectivity index is 1.28. The van der Waals surface area contributed by atoms with E-state index in [-0.39, 0.29) is 49.6 Å². The number of anilines is 1. The van der Waals surface area contributed by atoms with E-state index in [1.807, 2.05) is 4.90 Å². The van der Waals surface area contributed by atoms with Crippen LogP contribution in [0.25, 0.3) is 5.82 Å². The summed E-state index contributed by atoms with van der Waals surface area (Å²) in [5, 5.41) is 14.1. The van der Waals surface area contributed by atoms with Crippen LogP contribution in [0.4, 0.5) is 19.0 Å². The second kappa shape index (κ2) is 11.7. The van der Waals surface area contributed by atoms with Gasteiger partial charge in [-0.2, -0.15) is 21.6 Å². The van der Waals surface area contributed by atoms with Gasteiger partial charge in [0.25, 0.3) is 15.9 Å². The van der Waals surface area contributed by atoms with Crippen molar-refractivity contribution in [3.8, 4) is 17.4 Å². The number of pyridine rings is 2. The minimum Gasteiger partial charge on any atom is -0.505 e. The lowest BCUT2D eigenvalue weighted by molar-refractivity contribution is -0.189. The van der Waals surface area contributed by atoms with Crippen molar-refractivity contribution < 1.29 is 36.2 Å². The fourth-order valence-electron chi connectivity index (χ4n) is 6.60. The van der Waals surface area contributed by atoms with E-state index < -0.39 is 43.8 Å². The molecule has 2 N–H and O–H groups in total. The number of aromatic hydroxyl groups is 1. The molecule has 3 aromatic rings. The van der Waals surface area contributed by atoms with E-state index in [9.17, 15) is 31.5 Å². The first kappa shape index (κ1) is 32.1. The number of aryl methyl sites for hydroxylation is 1. The summed E-state index contributed by atoms with van der Waals surface area (Å²) < 4.78 is 75.3. The topological polar surface area (TPSA) is 140 Å². The molecule has 2 fully saturated rings. The number of aromatic nitrogens is 4. The second-order valence-electron chi connectivity index (χ2n) is 13.2. The number of nitrogens with one attached hydrogen (secondary N) is 1. The van der Waals surface area contributed by atoms with Crippen molar-refractivity contribution in [2.24, 2.45) is 11.3 Å². The molecule has 0 aromatic carbocycles. The van der Waals surface area contributed by atoms with E-state index in [0.29, 0.717) is 30.4 Å². The summed E-state index contributed by atoms with van der Waals surface area (Å²) in [6, 6.07) is 7.43. The first-order valence-electron chi connectivity index (χ1n) is 15.5. The summed E-state index contributed by atoms with van der Waals surface area (Å²) in [5.74, 6) is -0.345. The lowest BCUT2D eigenvalue weighted by Crippen LogP contribution is -2.41.